The minimum absolute atomic E-state index is 0.0275. The molecule has 0 saturated carbocycles. The average Bonchev–Trinajstić information content (AvgIpc) is 2.19. The first-order valence-electron chi connectivity index (χ1n) is 4.52. The van der Waals surface area contributed by atoms with Gasteiger partial charge in [-0.1, -0.05) is 19.1 Å². The van der Waals surface area contributed by atoms with Crippen LogP contribution in [0.15, 0.2) is 12.2 Å². The smallest absolute Gasteiger partial charge is 0.309 e. The van der Waals surface area contributed by atoms with Gasteiger partial charge >= 0.3 is 5.97 Å². The molecule has 0 aromatic carbocycles. The van der Waals surface area contributed by atoms with Crippen LogP contribution in [-0.4, -0.2) is 38.0 Å². The minimum atomic E-state index is -0.272. The topological polar surface area (TPSA) is 55.8 Å². The molecule has 0 aliphatic carbocycles. The molecule has 0 saturated heterocycles. The Morgan fingerprint density at radius 1 is 1.50 bits per heavy atom. The molecule has 0 amide bonds. The SMILES string of the molecule is COC(=O)C/C=C/[C@@H](C)[C@@H](CO)OC. The van der Waals surface area contributed by atoms with E-state index < -0.39 is 0 Å². The van der Waals surface area contributed by atoms with Crippen LogP contribution in [0.1, 0.15) is 13.3 Å². The van der Waals surface area contributed by atoms with Crippen LogP contribution in [-0.2, 0) is 14.3 Å². The van der Waals surface area contributed by atoms with E-state index in [4.69, 9.17) is 9.84 Å². The second kappa shape index (κ2) is 7.53. The van der Waals surface area contributed by atoms with Gasteiger partial charge in [-0.05, 0) is 0 Å². The highest BCUT2D eigenvalue weighted by atomic mass is 16.5. The van der Waals surface area contributed by atoms with E-state index in [0.717, 1.165) is 0 Å². The van der Waals surface area contributed by atoms with Crippen molar-refractivity contribution in [1.29, 1.82) is 0 Å². The Labute approximate surface area is 84.5 Å². The van der Waals surface area contributed by atoms with E-state index in [1.54, 1.807) is 13.2 Å². The van der Waals surface area contributed by atoms with Crippen LogP contribution in [0.4, 0.5) is 0 Å². The highest BCUT2D eigenvalue weighted by Crippen LogP contribution is 2.08. The van der Waals surface area contributed by atoms with E-state index in [1.807, 2.05) is 13.0 Å². The van der Waals surface area contributed by atoms with Crippen molar-refractivity contribution in [3.05, 3.63) is 12.2 Å². The van der Waals surface area contributed by atoms with Gasteiger partial charge in [0.15, 0.2) is 0 Å². The lowest BCUT2D eigenvalue weighted by molar-refractivity contribution is -0.139. The summed E-state index contributed by atoms with van der Waals surface area (Å²) in [5, 5.41) is 8.90. The fraction of sp³-hybridized carbons (Fsp3) is 0.700. The minimum Gasteiger partial charge on any atom is -0.469 e. The molecule has 0 aliphatic heterocycles. The molecule has 0 aromatic heterocycles. The highest BCUT2D eigenvalue weighted by Gasteiger charge is 2.12. The van der Waals surface area contributed by atoms with Gasteiger partial charge in [0.05, 0.1) is 26.2 Å². The molecule has 0 unspecified atom stereocenters. The van der Waals surface area contributed by atoms with Crippen molar-refractivity contribution in [2.24, 2.45) is 5.92 Å². The number of aliphatic hydroxyl groups is 1. The third-order valence-electron chi connectivity index (χ3n) is 2.02. The molecule has 0 fully saturated rings. The van der Waals surface area contributed by atoms with Gasteiger partial charge in [0, 0.05) is 13.0 Å². The van der Waals surface area contributed by atoms with E-state index in [2.05, 4.69) is 4.74 Å². The molecule has 82 valence electrons. The summed E-state index contributed by atoms with van der Waals surface area (Å²) in [6.07, 6.45) is 3.59. The number of carbonyl (C=O) groups is 1. The summed E-state index contributed by atoms with van der Waals surface area (Å²) in [7, 11) is 2.90. The number of rotatable bonds is 6. The fourth-order valence-corrected chi connectivity index (χ4v) is 1.04. The van der Waals surface area contributed by atoms with Crippen LogP contribution in [0.2, 0.25) is 0 Å². The Bertz CT molecular complexity index is 185. The van der Waals surface area contributed by atoms with Gasteiger partial charge in [0.25, 0.3) is 0 Å². The van der Waals surface area contributed by atoms with Crippen LogP contribution in [0.5, 0.6) is 0 Å². The molecule has 1 N–H and O–H groups in total. The van der Waals surface area contributed by atoms with E-state index in [1.165, 1.54) is 7.11 Å². The van der Waals surface area contributed by atoms with Crippen molar-refractivity contribution in [3.8, 4) is 0 Å². The van der Waals surface area contributed by atoms with Gasteiger partial charge in [-0.2, -0.15) is 0 Å². The molecule has 0 aliphatic rings. The normalized spacial score (nSPS) is 15.4. The first kappa shape index (κ1) is 13.1. The van der Waals surface area contributed by atoms with Gasteiger partial charge in [0.1, 0.15) is 0 Å². The van der Waals surface area contributed by atoms with E-state index >= 15 is 0 Å². The molecule has 2 atom stereocenters. The lowest BCUT2D eigenvalue weighted by atomic mass is 10.0. The van der Waals surface area contributed by atoms with Crippen molar-refractivity contribution < 1.29 is 19.4 Å². The Morgan fingerprint density at radius 3 is 2.57 bits per heavy atom. The van der Waals surface area contributed by atoms with Crippen LogP contribution in [0, 0.1) is 5.92 Å². The zero-order valence-electron chi connectivity index (χ0n) is 8.90. The molecular formula is C10H18O4. The number of hydrogen-bond acceptors (Lipinski definition) is 4. The third kappa shape index (κ3) is 4.99. The number of hydrogen-bond donors (Lipinski definition) is 1. The maximum absolute atomic E-state index is 10.7. The maximum atomic E-state index is 10.7. The molecule has 0 aromatic rings. The quantitative estimate of drug-likeness (QED) is 0.510. The molecule has 0 rings (SSSR count). The van der Waals surface area contributed by atoms with Crippen molar-refractivity contribution in [2.45, 2.75) is 19.4 Å². The molecular weight excluding hydrogens is 184 g/mol. The summed E-state index contributed by atoms with van der Waals surface area (Å²) in [6, 6.07) is 0. The predicted octanol–water partition coefficient (Wildman–Crippen LogP) is 0.749. The van der Waals surface area contributed by atoms with Crippen LogP contribution in [0.25, 0.3) is 0 Å². The summed E-state index contributed by atoms with van der Waals surface area (Å²) in [6.45, 7) is 1.89. The van der Waals surface area contributed by atoms with Crippen molar-refractivity contribution in [2.75, 3.05) is 20.8 Å². The fourth-order valence-electron chi connectivity index (χ4n) is 1.04. The zero-order valence-corrected chi connectivity index (χ0v) is 8.90. The predicted molar refractivity (Wildman–Crippen MR) is 52.8 cm³/mol. The standard InChI is InChI=1S/C10H18O4/c1-8(9(7-11)13-2)5-4-6-10(12)14-3/h4-5,8-9,11H,6-7H2,1-3H3/b5-4+/t8-,9-/m1/s1. The second-order valence-electron chi connectivity index (χ2n) is 3.02. The number of carbonyl (C=O) groups excluding carboxylic acids is 1. The summed E-state index contributed by atoms with van der Waals surface area (Å²) < 4.78 is 9.50. The zero-order chi connectivity index (χ0) is 11.0. The van der Waals surface area contributed by atoms with Crippen molar-refractivity contribution in [3.63, 3.8) is 0 Å². The molecule has 0 spiro atoms. The first-order chi connectivity index (χ1) is 6.65. The second-order valence-corrected chi connectivity index (χ2v) is 3.02. The largest absolute Gasteiger partial charge is 0.469 e. The lowest BCUT2D eigenvalue weighted by Gasteiger charge is -2.16. The molecule has 4 nitrogen and oxygen atoms in total. The van der Waals surface area contributed by atoms with Crippen LogP contribution in [0.3, 0.4) is 0 Å². The number of methoxy groups -OCH3 is 2. The van der Waals surface area contributed by atoms with Crippen LogP contribution >= 0.6 is 0 Å². The molecule has 14 heavy (non-hydrogen) atoms. The third-order valence-corrected chi connectivity index (χ3v) is 2.02. The summed E-state index contributed by atoms with van der Waals surface area (Å²) in [4.78, 5) is 10.7. The molecule has 0 heterocycles. The first-order valence-corrected chi connectivity index (χ1v) is 4.52. The number of esters is 1. The summed E-state index contributed by atoms with van der Waals surface area (Å²) in [5.41, 5.74) is 0. The molecule has 0 bridgehead atoms. The van der Waals surface area contributed by atoms with Gasteiger partial charge in [-0.15, -0.1) is 0 Å². The number of aliphatic hydroxyl groups excluding tert-OH is 1. The monoisotopic (exact) mass is 202 g/mol. The maximum Gasteiger partial charge on any atom is 0.309 e. The summed E-state index contributed by atoms with van der Waals surface area (Å²) >= 11 is 0. The van der Waals surface area contributed by atoms with Gasteiger partial charge in [-0.25, -0.2) is 0 Å². The molecule has 0 radical (unpaired) electrons. The van der Waals surface area contributed by atoms with E-state index in [-0.39, 0.29) is 31.0 Å². The summed E-state index contributed by atoms with van der Waals surface area (Å²) in [5.74, 6) is -0.193. The lowest BCUT2D eigenvalue weighted by Crippen LogP contribution is -2.22. The van der Waals surface area contributed by atoms with Crippen molar-refractivity contribution in [1.82, 2.24) is 0 Å². The van der Waals surface area contributed by atoms with Gasteiger partial charge in [-0.3, -0.25) is 4.79 Å². The van der Waals surface area contributed by atoms with Crippen LogP contribution < -0.4 is 0 Å². The van der Waals surface area contributed by atoms with E-state index in [9.17, 15) is 4.79 Å². The number of ether oxygens (including phenoxy) is 2. The Morgan fingerprint density at radius 2 is 2.14 bits per heavy atom. The Hall–Kier alpha value is -0.870. The Balaban J connectivity index is 3.90. The van der Waals surface area contributed by atoms with Gasteiger partial charge in [0.2, 0.25) is 0 Å². The average molecular weight is 202 g/mol. The van der Waals surface area contributed by atoms with Crippen molar-refractivity contribution >= 4 is 5.97 Å². The molecule has 4 heteroatoms. The van der Waals surface area contributed by atoms with Gasteiger partial charge < -0.3 is 14.6 Å². The Kier molecular flexibility index (Phi) is 7.06. The van der Waals surface area contributed by atoms with E-state index in [0.29, 0.717) is 0 Å². The highest BCUT2D eigenvalue weighted by molar-refractivity contribution is 5.70.